The molecular weight excluding hydrogens is 438 g/mol. The van der Waals surface area contributed by atoms with Crippen LogP contribution in [0, 0.1) is 0 Å². The summed E-state index contributed by atoms with van der Waals surface area (Å²) < 4.78 is 0. The molecule has 6 heteroatoms. The third kappa shape index (κ3) is 6.28. The molecule has 1 heterocycles. The number of piperidine rings is 1. The van der Waals surface area contributed by atoms with Crippen LogP contribution in [0.3, 0.4) is 0 Å². The highest BCUT2D eigenvalue weighted by atomic mass is 35.5. The van der Waals surface area contributed by atoms with Gasteiger partial charge in [0, 0.05) is 41.3 Å². The van der Waals surface area contributed by atoms with Crippen molar-refractivity contribution in [3.05, 3.63) is 83.4 Å². The summed E-state index contributed by atoms with van der Waals surface area (Å²) in [4.78, 5) is 16.0. The van der Waals surface area contributed by atoms with Crippen LogP contribution in [0.4, 0.5) is 10.5 Å². The zero-order chi connectivity index (χ0) is 22.3. The predicted molar refractivity (Wildman–Crippen MR) is 136 cm³/mol. The van der Waals surface area contributed by atoms with Crippen molar-refractivity contribution in [2.75, 3.05) is 24.7 Å². The number of nitrogens with zero attached hydrogens (tertiary/aromatic N) is 1. The van der Waals surface area contributed by atoms with E-state index in [1.165, 1.54) is 21.6 Å². The number of nitrogens with one attached hydrogen (secondary N) is 2. The van der Waals surface area contributed by atoms with E-state index in [1.807, 2.05) is 0 Å². The van der Waals surface area contributed by atoms with Gasteiger partial charge in [0.05, 0.1) is 0 Å². The summed E-state index contributed by atoms with van der Waals surface area (Å²) in [5.74, 6) is 0. The van der Waals surface area contributed by atoms with Crippen LogP contribution in [-0.2, 0) is 6.54 Å². The second kappa shape index (κ2) is 10.9. The number of hydrogen-bond acceptors (Lipinski definition) is 3. The van der Waals surface area contributed by atoms with E-state index in [2.05, 4.69) is 70.3 Å². The molecule has 0 aromatic heterocycles. The van der Waals surface area contributed by atoms with Gasteiger partial charge in [-0.2, -0.15) is 0 Å². The van der Waals surface area contributed by atoms with Gasteiger partial charge in [0.1, 0.15) is 0 Å². The minimum absolute atomic E-state index is 0.161. The fourth-order valence-electron chi connectivity index (χ4n) is 4.01. The van der Waals surface area contributed by atoms with E-state index in [4.69, 9.17) is 11.6 Å². The first-order valence-corrected chi connectivity index (χ1v) is 12.5. The topological polar surface area (TPSA) is 44.4 Å². The second-order valence-corrected chi connectivity index (χ2v) is 9.40. The van der Waals surface area contributed by atoms with Gasteiger partial charge in [-0.25, -0.2) is 4.79 Å². The quantitative estimate of drug-likeness (QED) is 0.407. The second-order valence-electron chi connectivity index (χ2n) is 8.08. The van der Waals surface area contributed by atoms with Crippen LogP contribution in [-0.4, -0.2) is 36.3 Å². The molecule has 166 valence electrons. The molecule has 1 saturated heterocycles. The lowest BCUT2D eigenvalue weighted by molar-refractivity contribution is 0.190. The first-order valence-electron chi connectivity index (χ1n) is 10.9. The molecule has 0 atom stereocenters. The summed E-state index contributed by atoms with van der Waals surface area (Å²) in [5.41, 5.74) is 4.57. The Balaban J connectivity index is 1.26. The van der Waals surface area contributed by atoms with Gasteiger partial charge in [-0.05, 0) is 78.3 Å². The minimum atomic E-state index is -0.161. The molecule has 3 aromatic rings. The maximum Gasteiger partial charge on any atom is 0.319 e. The molecule has 2 N–H and O–H groups in total. The average molecular weight is 466 g/mol. The number of likely N-dealkylation sites (tertiary alicyclic amines) is 1. The molecule has 0 saturated carbocycles. The van der Waals surface area contributed by atoms with Crippen molar-refractivity contribution in [1.29, 1.82) is 0 Å². The van der Waals surface area contributed by atoms with Crippen LogP contribution in [0.1, 0.15) is 18.4 Å². The van der Waals surface area contributed by atoms with Gasteiger partial charge in [0.2, 0.25) is 0 Å². The van der Waals surface area contributed by atoms with Crippen molar-refractivity contribution in [2.24, 2.45) is 0 Å². The highest BCUT2D eigenvalue weighted by Gasteiger charge is 2.21. The van der Waals surface area contributed by atoms with Crippen molar-refractivity contribution >= 4 is 35.1 Å². The number of carbonyl (C=O) groups excluding carboxylic acids is 1. The molecule has 1 fully saturated rings. The number of urea groups is 1. The predicted octanol–water partition coefficient (Wildman–Crippen LogP) is 6.52. The molecule has 2 amide bonds. The van der Waals surface area contributed by atoms with E-state index in [9.17, 15) is 4.79 Å². The Kier molecular flexibility index (Phi) is 7.74. The fourth-order valence-corrected chi connectivity index (χ4v) is 4.55. The van der Waals surface area contributed by atoms with Crippen LogP contribution in [0.2, 0.25) is 5.02 Å². The SMILES string of the molecule is CSc1ccc(-c2cccc(CN3CCC(NC(=O)Nc4ccc(Cl)cc4)CC3)c2)cc1. The van der Waals surface area contributed by atoms with E-state index in [1.54, 1.807) is 36.0 Å². The van der Waals surface area contributed by atoms with Gasteiger partial charge in [0.15, 0.2) is 0 Å². The van der Waals surface area contributed by atoms with Gasteiger partial charge in [-0.3, -0.25) is 4.90 Å². The highest BCUT2D eigenvalue weighted by Crippen LogP contribution is 2.25. The summed E-state index contributed by atoms with van der Waals surface area (Å²) in [6.45, 7) is 2.87. The standard InChI is InChI=1S/C26H28ClN3OS/c1-32-25-11-5-20(6-12-25)21-4-2-3-19(17-21)18-30-15-13-24(14-16-30)29-26(31)28-23-9-7-22(27)8-10-23/h2-12,17,24H,13-16,18H2,1H3,(H2,28,29,31). The van der Waals surface area contributed by atoms with E-state index >= 15 is 0 Å². The van der Waals surface area contributed by atoms with Crippen LogP contribution in [0.25, 0.3) is 11.1 Å². The van der Waals surface area contributed by atoms with Crippen LogP contribution >= 0.6 is 23.4 Å². The van der Waals surface area contributed by atoms with E-state index < -0.39 is 0 Å². The smallest absolute Gasteiger partial charge is 0.319 e. The van der Waals surface area contributed by atoms with Gasteiger partial charge < -0.3 is 10.6 Å². The monoisotopic (exact) mass is 465 g/mol. The zero-order valence-electron chi connectivity index (χ0n) is 18.2. The third-order valence-electron chi connectivity index (χ3n) is 5.78. The van der Waals surface area contributed by atoms with Crippen LogP contribution in [0.5, 0.6) is 0 Å². The molecule has 0 unspecified atom stereocenters. The Morgan fingerprint density at radius 2 is 1.72 bits per heavy atom. The highest BCUT2D eigenvalue weighted by molar-refractivity contribution is 7.98. The van der Waals surface area contributed by atoms with Crippen molar-refractivity contribution in [1.82, 2.24) is 10.2 Å². The molecule has 0 bridgehead atoms. The number of thioether (sulfide) groups is 1. The van der Waals surface area contributed by atoms with Crippen molar-refractivity contribution in [2.45, 2.75) is 30.3 Å². The van der Waals surface area contributed by atoms with Crippen molar-refractivity contribution in [3.63, 3.8) is 0 Å². The molecule has 0 radical (unpaired) electrons. The van der Waals surface area contributed by atoms with E-state index in [-0.39, 0.29) is 12.1 Å². The Morgan fingerprint density at radius 3 is 2.41 bits per heavy atom. The number of halogens is 1. The minimum Gasteiger partial charge on any atom is -0.335 e. The molecule has 1 aliphatic rings. The number of benzene rings is 3. The third-order valence-corrected chi connectivity index (χ3v) is 6.78. The molecular formula is C26H28ClN3OS. The molecule has 32 heavy (non-hydrogen) atoms. The number of rotatable bonds is 6. The van der Waals surface area contributed by atoms with Gasteiger partial charge in [0.25, 0.3) is 0 Å². The summed E-state index contributed by atoms with van der Waals surface area (Å²) >= 11 is 7.65. The van der Waals surface area contributed by atoms with Crippen LogP contribution in [0.15, 0.2) is 77.7 Å². The number of amides is 2. The average Bonchev–Trinajstić information content (AvgIpc) is 2.82. The van der Waals surface area contributed by atoms with E-state index in [0.717, 1.165) is 38.2 Å². The molecule has 4 nitrogen and oxygen atoms in total. The van der Waals surface area contributed by atoms with Gasteiger partial charge >= 0.3 is 6.03 Å². The Morgan fingerprint density at radius 1 is 1.00 bits per heavy atom. The molecule has 1 aliphatic heterocycles. The number of anilines is 1. The maximum absolute atomic E-state index is 12.3. The number of carbonyl (C=O) groups is 1. The Bertz CT molecular complexity index is 1030. The summed E-state index contributed by atoms with van der Waals surface area (Å²) in [5, 5.41) is 6.62. The first-order chi connectivity index (χ1) is 15.6. The van der Waals surface area contributed by atoms with Crippen LogP contribution < -0.4 is 10.6 Å². The van der Waals surface area contributed by atoms with E-state index in [0.29, 0.717) is 5.02 Å². The summed E-state index contributed by atoms with van der Waals surface area (Å²) in [6.07, 6.45) is 3.99. The first kappa shape index (κ1) is 22.7. The fraction of sp³-hybridized carbons (Fsp3) is 0.269. The molecule has 4 rings (SSSR count). The zero-order valence-corrected chi connectivity index (χ0v) is 19.8. The summed E-state index contributed by atoms with van der Waals surface area (Å²) in [6, 6.07) is 24.7. The number of hydrogen-bond donors (Lipinski definition) is 2. The largest absolute Gasteiger partial charge is 0.335 e. The van der Waals surface area contributed by atoms with Gasteiger partial charge in [-0.1, -0.05) is 41.9 Å². The summed E-state index contributed by atoms with van der Waals surface area (Å²) in [7, 11) is 0. The van der Waals surface area contributed by atoms with Crippen molar-refractivity contribution < 1.29 is 4.79 Å². The Labute approximate surface area is 199 Å². The lowest BCUT2D eigenvalue weighted by atomic mass is 10.0. The molecule has 0 aliphatic carbocycles. The van der Waals surface area contributed by atoms with Gasteiger partial charge in [-0.15, -0.1) is 11.8 Å². The molecule has 0 spiro atoms. The maximum atomic E-state index is 12.3. The lowest BCUT2D eigenvalue weighted by Crippen LogP contribution is -2.45. The molecule has 3 aromatic carbocycles. The van der Waals surface area contributed by atoms with Crippen molar-refractivity contribution in [3.8, 4) is 11.1 Å². The lowest BCUT2D eigenvalue weighted by Gasteiger charge is -2.32. The normalized spacial score (nSPS) is 14.8. The Hall–Kier alpha value is -2.47.